The molecule has 1 aliphatic heterocycles. The van der Waals surface area contributed by atoms with Crippen molar-refractivity contribution in [2.45, 2.75) is 45.6 Å². The lowest BCUT2D eigenvalue weighted by Crippen LogP contribution is -2.52. The largest absolute Gasteiger partial charge is 0.375 e. The van der Waals surface area contributed by atoms with Gasteiger partial charge in [-0.15, -0.1) is 0 Å². The molecule has 17 heavy (non-hydrogen) atoms. The number of carbonyl (C=O) groups excluding carboxylic acids is 1. The summed E-state index contributed by atoms with van der Waals surface area (Å²) in [4.78, 5) is 12.2. The SMILES string of the molecule is CC1(C)OC[C@H]2C(=O)C=C[C@@]3(C)CCC1[C@@H]2C3. The van der Waals surface area contributed by atoms with Crippen molar-refractivity contribution in [3.63, 3.8) is 0 Å². The van der Waals surface area contributed by atoms with Crippen molar-refractivity contribution in [2.24, 2.45) is 23.2 Å². The number of carbonyl (C=O) groups is 1. The Morgan fingerprint density at radius 2 is 2.12 bits per heavy atom. The monoisotopic (exact) mass is 234 g/mol. The van der Waals surface area contributed by atoms with Crippen LogP contribution in [0.25, 0.3) is 0 Å². The van der Waals surface area contributed by atoms with Crippen LogP contribution in [-0.2, 0) is 9.53 Å². The van der Waals surface area contributed by atoms with Crippen LogP contribution in [0.3, 0.4) is 0 Å². The van der Waals surface area contributed by atoms with Crippen LogP contribution >= 0.6 is 0 Å². The molecule has 0 amide bonds. The molecule has 0 spiro atoms. The normalized spacial score (nSPS) is 47.7. The molecule has 1 saturated heterocycles. The number of rotatable bonds is 0. The van der Waals surface area contributed by atoms with Gasteiger partial charge >= 0.3 is 0 Å². The zero-order valence-corrected chi connectivity index (χ0v) is 11.0. The van der Waals surface area contributed by atoms with E-state index < -0.39 is 0 Å². The molecule has 0 aromatic rings. The average Bonchev–Trinajstić information content (AvgIpc) is 2.34. The molecule has 1 unspecified atom stereocenters. The van der Waals surface area contributed by atoms with Gasteiger partial charge in [-0.05, 0) is 56.4 Å². The zero-order chi connectivity index (χ0) is 12.3. The molecule has 0 N–H and O–H groups in total. The van der Waals surface area contributed by atoms with E-state index in [0.717, 1.165) is 6.42 Å². The van der Waals surface area contributed by atoms with E-state index in [1.807, 2.05) is 6.08 Å². The highest BCUT2D eigenvalue weighted by molar-refractivity contribution is 5.92. The Balaban J connectivity index is 2.00. The molecular formula is C15H22O2. The van der Waals surface area contributed by atoms with Gasteiger partial charge in [-0.25, -0.2) is 0 Å². The van der Waals surface area contributed by atoms with E-state index in [1.54, 1.807) is 0 Å². The summed E-state index contributed by atoms with van der Waals surface area (Å²) in [5.41, 5.74) is 0.201. The van der Waals surface area contributed by atoms with E-state index in [1.165, 1.54) is 12.8 Å². The maximum absolute atomic E-state index is 12.2. The fourth-order valence-corrected chi connectivity index (χ4v) is 4.15. The number of hydrogen-bond acceptors (Lipinski definition) is 2. The summed E-state index contributed by atoms with van der Waals surface area (Å²) >= 11 is 0. The molecule has 0 radical (unpaired) electrons. The van der Waals surface area contributed by atoms with Gasteiger partial charge in [0.15, 0.2) is 5.78 Å². The molecule has 2 bridgehead atoms. The van der Waals surface area contributed by atoms with Gasteiger partial charge in [0.2, 0.25) is 0 Å². The van der Waals surface area contributed by atoms with Crippen LogP contribution in [0.15, 0.2) is 12.2 Å². The van der Waals surface area contributed by atoms with E-state index >= 15 is 0 Å². The van der Waals surface area contributed by atoms with E-state index in [-0.39, 0.29) is 16.9 Å². The topological polar surface area (TPSA) is 26.3 Å². The van der Waals surface area contributed by atoms with Gasteiger partial charge in [-0.1, -0.05) is 13.0 Å². The van der Waals surface area contributed by atoms with Gasteiger partial charge in [0, 0.05) is 5.92 Å². The number of ketones is 1. The highest BCUT2D eigenvalue weighted by Gasteiger charge is 2.52. The second-order valence-corrected chi connectivity index (χ2v) is 6.92. The van der Waals surface area contributed by atoms with Crippen molar-refractivity contribution in [3.8, 4) is 0 Å². The van der Waals surface area contributed by atoms with Crippen LogP contribution in [0.1, 0.15) is 40.0 Å². The lowest BCUT2D eigenvalue weighted by molar-refractivity contribution is -0.171. The lowest BCUT2D eigenvalue weighted by atomic mass is 9.58. The van der Waals surface area contributed by atoms with Gasteiger partial charge < -0.3 is 4.74 Å². The minimum Gasteiger partial charge on any atom is -0.375 e. The Hall–Kier alpha value is -0.630. The molecule has 3 rings (SSSR count). The highest BCUT2D eigenvalue weighted by Crippen LogP contribution is 2.54. The van der Waals surface area contributed by atoms with Crippen molar-refractivity contribution < 1.29 is 9.53 Å². The first-order valence-corrected chi connectivity index (χ1v) is 6.78. The molecule has 1 saturated carbocycles. The quantitative estimate of drug-likeness (QED) is 0.644. The van der Waals surface area contributed by atoms with E-state index in [4.69, 9.17) is 4.74 Å². The second kappa shape index (κ2) is 3.44. The summed E-state index contributed by atoms with van der Waals surface area (Å²) < 4.78 is 5.97. The third kappa shape index (κ3) is 1.69. The predicted octanol–water partition coefficient (Wildman–Crippen LogP) is 2.97. The zero-order valence-electron chi connectivity index (χ0n) is 11.0. The van der Waals surface area contributed by atoms with E-state index in [9.17, 15) is 4.79 Å². The van der Waals surface area contributed by atoms with Gasteiger partial charge in [0.25, 0.3) is 0 Å². The fourth-order valence-electron chi connectivity index (χ4n) is 4.15. The fraction of sp³-hybridized carbons (Fsp3) is 0.800. The summed E-state index contributed by atoms with van der Waals surface area (Å²) in [7, 11) is 0. The second-order valence-electron chi connectivity index (χ2n) is 6.92. The standard InChI is InChI=1S/C15H22O2/c1-14(2)12-4-6-15(3)7-5-13(16)11(9-17-14)10(12)8-15/h5,7,10-12H,4,6,8-9H2,1-3H3/t10-,11-,12?,15-/m1/s1. The number of allylic oxidation sites excluding steroid dienone is 2. The molecule has 2 fully saturated rings. The first kappa shape index (κ1) is 11.5. The Labute approximate surface area is 103 Å². The van der Waals surface area contributed by atoms with E-state index in [2.05, 4.69) is 26.8 Å². The smallest absolute Gasteiger partial charge is 0.161 e. The number of ether oxygens (including phenoxy) is 1. The molecule has 2 heteroatoms. The van der Waals surface area contributed by atoms with Crippen LogP contribution in [0, 0.1) is 23.2 Å². The van der Waals surface area contributed by atoms with Crippen LogP contribution in [-0.4, -0.2) is 18.0 Å². The van der Waals surface area contributed by atoms with Crippen LogP contribution in [0.2, 0.25) is 0 Å². The first-order chi connectivity index (χ1) is 7.91. The summed E-state index contributed by atoms with van der Waals surface area (Å²) in [6.45, 7) is 7.31. The predicted molar refractivity (Wildman–Crippen MR) is 66.6 cm³/mol. The van der Waals surface area contributed by atoms with Crippen LogP contribution in [0.4, 0.5) is 0 Å². The summed E-state index contributed by atoms with van der Waals surface area (Å²) in [5, 5.41) is 0. The summed E-state index contributed by atoms with van der Waals surface area (Å²) in [5.74, 6) is 1.49. The maximum Gasteiger partial charge on any atom is 0.161 e. The minimum atomic E-state index is -0.0485. The molecule has 2 aliphatic carbocycles. The molecule has 2 nitrogen and oxygen atoms in total. The van der Waals surface area contributed by atoms with Crippen LogP contribution < -0.4 is 0 Å². The molecular weight excluding hydrogens is 212 g/mol. The third-order valence-electron chi connectivity index (χ3n) is 5.31. The molecule has 1 heterocycles. The van der Waals surface area contributed by atoms with Crippen molar-refractivity contribution in [2.75, 3.05) is 6.61 Å². The van der Waals surface area contributed by atoms with Crippen molar-refractivity contribution in [3.05, 3.63) is 12.2 Å². The molecule has 4 atom stereocenters. The third-order valence-corrected chi connectivity index (χ3v) is 5.31. The Kier molecular flexibility index (Phi) is 2.32. The maximum atomic E-state index is 12.2. The first-order valence-electron chi connectivity index (χ1n) is 6.78. The molecule has 0 aromatic carbocycles. The lowest BCUT2D eigenvalue weighted by Gasteiger charge is -2.52. The van der Waals surface area contributed by atoms with Gasteiger partial charge in [-0.2, -0.15) is 0 Å². The van der Waals surface area contributed by atoms with Crippen molar-refractivity contribution in [1.29, 1.82) is 0 Å². The summed E-state index contributed by atoms with van der Waals surface area (Å²) in [6.07, 6.45) is 7.54. The Morgan fingerprint density at radius 3 is 2.88 bits per heavy atom. The average molecular weight is 234 g/mol. The Morgan fingerprint density at radius 1 is 1.35 bits per heavy atom. The Bertz CT molecular complexity index is 382. The van der Waals surface area contributed by atoms with Gasteiger partial charge in [0.05, 0.1) is 12.2 Å². The van der Waals surface area contributed by atoms with Gasteiger partial charge in [-0.3, -0.25) is 4.79 Å². The number of fused-ring (bicyclic) bond motifs is 1. The van der Waals surface area contributed by atoms with Crippen molar-refractivity contribution >= 4 is 5.78 Å². The number of hydrogen-bond donors (Lipinski definition) is 0. The highest BCUT2D eigenvalue weighted by atomic mass is 16.5. The molecule has 0 aromatic heterocycles. The van der Waals surface area contributed by atoms with E-state index in [0.29, 0.717) is 24.2 Å². The molecule has 94 valence electrons. The van der Waals surface area contributed by atoms with Crippen LogP contribution in [0.5, 0.6) is 0 Å². The molecule has 3 aliphatic rings. The van der Waals surface area contributed by atoms with Crippen molar-refractivity contribution in [1.82, 2.24) is 0 Å². The minimum absolute atomic E-state index is 0.0485. The van der Waals surface area contributed by atoms with Gasteiger partial charge in [0.1, 0.15) is 0 Å². The summed E-state index contributed by atoms with van der Waals surface area (Å²) in [6, 6.07) is 0.